The summed E-state index contributed by atoms with van der Waals surface area (Å²) in [6.07, 6.45) is 38.3. The zero-order chi connectivity index (χ0) is 29.2. The SMILES string of the molecule is CCCCCCCCCCCCCCP(CP(CCCCCCCCCCCCCC)C(C)(C)C)C(C)(C)C. The van der Waals surface area contributed by atoms with E-state index < -0.39 is 0 Å². The molecule has 0 aromatic carbocycles. The Morgan fingerprint density at radius 1 is 0.308 bits per heavy atom. The Bertz CT molecular complexity index is 443. The van der Waals surface area contributed by atoms with Crippen molar-refractivity contribution >= 4 is 15.8 Å². The minimum Gasteiger partial charge on any atom is -0.0968 e. The van der Waals surface area contributed by atoms with Crippen LogP contribution < -0.4 is 0 Å². The lowest BCUT2D eigenvalue weighted by atomic mass is 10.1. The van der Waals surface area contributed by atoms with Crippen LogP contribution >= 0.6 is 15.8 Å². The van der Waals surface area contributed by atoms with Crippen LogP contribution in [0.2, 0.25) is 0 Å². The molecule has 0 aromatic rings. The third kappa shape index (κ3) is 26.2. The zero-order valence-electron chi connectivity index (χ0n) is 29.0. The fourth-order valence-corrected chi connectivity index (χ4v) is 14.5. The van der Waals surface area contributed by atoms with Gasteiger partial charge in [0.05, 0.1) is 0 Å². The highest BCUT2D eigenvalue weighted by atomic mass is 31.2. The second-order valence-electron chi connectivity index (χ2n) is 14.8. The van der Waals surface area contributed by atoms with Gasteiger partial charge < -0.3 is 0 Å². The maximum Gasteiger partial charge on any atom is -0.0111 e. The standard InChI is InChI=1S/C37H78P2/c1-9-11-13-15-17-19-21-23-25-27-29-31-33-38(36(3,4)5)35-39(37(6,7)8)34-32-30-28-26-24-22-20-18-16-14-12-10-2/h9-35H2,1-8H3. The summed E-state index contributed by atoms with van der Waals surface area (Å²) in [4.78, 5) is 0. The molecule has 0 spiro atoms. The van der Waals surface area contributed by atoms with Gasteiger partial charge in [0.15, 0.2) is 0 Å². The first kappa shape index (κ1) is 39.9. The Labute approximate surface area is 253 Å². The third-order valence-electron chi connectivity index (χ3n) is 8.80. The van der Waals surface area contributed by atoms with Crippen molar-refractivity contribution in [3.63, 3.8) is 0 Å². The summed E-state index contributed by atoms with van der Waals surface area (Å²) < 4.78 is 0. The second kappa shape index (κ2) is 26.5. The monoisotopic (exact) mass is 585 g/mol. The van der Waals surface area contributed by atoms with E-state index in [0.717, 1.165) is 0 Å². The van der Waals surface area contributed by atoms with Gasteiger partial charge in [-0.05, 0) is 41.4 Å². The Morgan fingerprint density at radius 2 is 0.513 bits per heavy atom. The zero-order valence-corrected chi connectivity index (χ0v) is 30.8. The van der Waals surface area contributed by atoms with Crippen molar-refractivity contribution in [2.45, 2.75) is 220 Å². The fourth-order valence-electron chi connectivity index (χ4n) is 5.73. The molecule has 0 N–H and O–H groups in total. The summed E-state index contributed by atoms with van der Waals surface area (Å²) in [5.74, 6) is 1.58. The second-order valence-corrected chi connectivity index (χ2v) is 21.7. The quantitative estimate of drug-likeness (QED) is 0.0634. The normalized spacial score (nSPS) is 14.2. The van der Waals surface area contributed by atoms with Crippen LogP contribution in [0.4, 0.5) is 0 Å². The molecule has 0 saturated carbocycles. The first-order valence-corrected chi connectivity index (χ1v) is 21.6. The van der Waals surface area contributed by atoms with Crippen LogP contribution in [0.15, 0.2) is 0 Å². The molecule has 2 heteroatoms. The molecule has 0 aromatic heterocycles. The number of hydrogen-bond donors (Lipinski definition) is 0. The number of hydrogen-bond acceptors (Lipinski definition) is 0. The molecule has 0 amide bonds. The molecule has 0 aliphatic heterocycles. The van der Waals surface area contributed by atoms with Gasteiger partial charge in [0.1, 0.15) is 0 Å². The molecule has 0 saturated heterocycles. The van der Waals surface area contributed by atoms with Crippen LogP contribution in [0.1, 0.15) is 209 Å². The molecule has 2 unspecified atom stereocenters. The topological polar surface area (TPSA) is 0 Å². The van der Waals surface area contributed by atoms with E-state index in [4.69, 9.17) is 0 Å². The summed E-state index contributed by atoms with van der Waals surface area (Å²) in [6, 6.07) is 0. The first-order chi connectivity index (χ1) is 18.6. The molecule has 0 heterocycles. The summed E-state index contributed by atoms with van der Waals surface area (Å²) in [6.45, 7) is 20.0. The van der Waals surface area contributed by atoms with Crippen molar-refractivity contribution in [1.82, 2.24) is 0 Å². The molecule has 0 bridgehead atoms. The van der Waals surface area contributed by atoms with E-state index in [-0.39, 0.29) is 15.8 Å². The van der Waals surface area contributed by atoms with Crippen molar-refractivity contribution in [3.8, 4) is 0 Å². The van der Waals surface area contributed by atoms with Gasteiger partial charge in [-0.25, -0.2) is 0 Å². The lowest BCUT2D eigenvalue weighted by Gasteiger charge is -2.40. The van der Waals surface area contributed by atoms with Gasteiger partial charge in [0.2, 0.25) is 0 Å². The smallest absolute Gasteiger partial charge is 0.0111 e. The first-order valence-electron chi connectivity index (χ1n) is 18.1. The van der Waals surface area contributed by atoms with E-state index in [1.54, 1.807) is 5.90 Å². The van der Waals surface area contributed by atoms with Gasteiger partial charge >= 0.3 is 0 Å². The van der Waals surface area contributed by atoms with E-state index in [0.29, 0.717) is 10.3 Å². The number of unbranched alkanes of at least 4 members (excludes halogenated alkanes) is 22. The third-order valence-corrected chi connectivity index (χ3v) is 17.0. The minimum absolute atomic E-state index is 0.145. The molecule has 2 atom stereocenters. The van der Waals surface area contributed by atoms with E-state index in [9.17, 15) is 0 Å². The van der Waals surface area contributed by atoms with Crippen LogP contribution in [-0.4, -0.2) is 28.5 Å². The molecule has 0 aliphatic carbocycles. The van der Waals surface area contributed by atoms with E-state index >= 15 is 0 Å². The van der Waals surface area contributed by atoms with Gasteiger partial charge in [-0.15, -0.1) is 0 Å². The van der Waals surface area contributed by atoms with Crippen LogP contribution in [0.3, 0.4) is 0 Å². The molecule has 0 aliphatic rings. The van der Waals surface area contributed by atoms with Gasteiger partial charge in [-0.2, -0.15) is 0 Å². The molecule has 0 fully saturated rings. The highest BCUT2D eigenvalue weighted by molar-refractivity contribution is 7.76. The average molecular weight is 585 g/mol. The lowest BCUT2D eigenvalue weighted by Crippen LogP contribution is -2.21. The van der Waals surface area contributed by atoms with Crippen LogP contribution in [0.5, 0.6) is 0 Å². The van der Waals surface area contributed by atoms with Gasteiger partial charge in [-0.3, -0.25) is 0 Å². The molecule has 39 heavy (non-hydrogen) atoms. The van der Waals surface area contributed by atoms with Crippen molar-refractivity contribution in [2.24, 2.45) is 0 Å². The van der Waals surface area contributed by atoms with Crippen molar-refractivity contribution in [2.75, 3.05) is 18.2 Å². The molecular formula is C37H78P2. The Kier molecular flexibility index (Phi) is 27.1. The van der Waals surface area contributed by atoms with E-state index in [1.807, 2.05) is 0 Å². The summed E-state index contributed by atoms with van der Waals surface area (Å²) >= 11 is 0. The Hall–Kier alpha value is 0.860. The maximum absolute atomic E-state index is 2.55. The van der Waals surface area contributed by atoms with Crippen molar-refractivity contribution < 1.29 is 0 Å². The van der Waals surface area contributed by atoms with Crippen LogP contribution in [0.25, 0.3) is 0 Å². The molecule has 0 rings (SSSR count). The Balaban J connectivity index is 4.13. The van der Waals surface area contributed by atoms with E-state index in [1.165, 1.54) is 166 Å². The lowest BCUT2D eigenvalue weighted by molar-refractivity contribution is 0.548. The largest absolute Gasteiger partial charge is 0.0968 e. The van der Waals surface area contributed by atoms with Gasteiger partial charge in [0.25, 0.3) is 0 Å². The predicted octanol–water partition coefficient (Wildman–Crippen LogP) is 14.9. The average Bonchev–Trinajstić information content (AvgIpc) is 2.86. The van der Waals surface area contributed by atoms with Crippen molar-refractivity contribution in [1.29, 1.82) is 0 Å². The highest BCUT2D eigenvalue weighted by Gasteiger charge is 2.31. The van der Waals surface area contributed by atoms with Crippen LogP contribution in [0, 0.1) is 0 Å². The van der Waals surface area contributed by atoms with E-state index in [2.05, 4.69) is 55.4 Å². The maximum atomic E-state index is 2.55. The molecular weight excluding hydrogens is 506 g/mol. The Morgan fingerprint density at radius 3 is 0.718 bits per heavy atom. The minimum atomic E-state index is 0.145. The highest BCUT2D eigenvalue weighted by Crippen LogP contribution is 2.63. The predicted molar refractivity (Wildman–Crippen MR) is 190 cm³/mol. The molecule has 236 valence electrons. The summed E-state index contributed by atoms with van der Waals surface area (Å²) in [5.41, 5.74) is 0. The molecule has 0 radical (unpaired) electrons. The van der Waals surface area contributed by atoms with Crippen molar-refractivity contribution in [3.05, 3.63) is 0 Å². The number of rotatable bonds is 28. The summed E-state index contributed by atoms with van der Waals surface area (Å²) in [7, 11) is 0.290. The van der Waals surface area contributed by atoms with Gasteiger partial charge in [-0.1, -0.05) is 212 Å². The van der Waals surface area contributed by atoms with Gasteiger partial charge in [0, 0.05) is 0 Å². The molecule has 0 nitrogen and oxygen atoms in total. The summed E-state index contributed by atoms with van der Waals surface area (Å²) in [5, 5.41) is 1.05. The fraction of sp³-hybridized carbons (Fsp3) is 1.00. The van der Waals surface area contributed by atoms with Crippen LogP contribution in [-0.2, 0) is 0 Å².